The fraction of sp³-hybridized carbons (Fsp3) is 0.250. The Morgan fingerprint density at radius 1 is 0.815 bits per heavy atom. The summed E-state index contributed by atoms with van der Waals surface area (Å²) in [5.41, 5.74) is 5.26. The average Bonchev–Trinajstić information content (AvgIpc) is 2.67. The van der Waals surface area contributed by atoms with E-state index in [1.165, 1.54) is 29.8 Å². The third kappa shape index (κ3) is 3.51. The lowest BCUT2D eigenvalue weighted by Gasteiger charge is -2.26. The maximum atomic E-state index is 14.5. The zero-order chi connectivity index (χ0) is 19.0. The highest BCUT2D eigenvalue weighted by Gasteiger charge is 2.26. The van der Waals surface area contributed by atoms with Crippen molar-refractivity contribution >= 4 is 0 Å². The van der Waals surface area contributed by atoms with E-state index in [1.807, 2.05) is 19.1 Å². The highest BCUT2D eigenvalue weighted by Crippen LogP contribution is 2.37. The van der Waals surface area contributed by atoms with E-state index in [4.69, 9.17) is 0 Å². The highest BCUT2D eigenvalue weighted by molar-refractivity contribution is 5.65. The third-order valence-corrected chi connectivity index (χ3v) is 5.57. The predicted molar refractivity (Wildman–Crippen MR) is 102 cm³/mol. The van der Waals surface area contributed by atoms with Crippen molar-refractivity contribution in [2.75, 3.05) is 0 Å². The summed E-state index contributed by atoms with van der Waals surface area (Å²) in [5, 5.41) is 0. The van der Waals surface area contributed by atoms with E-state index in [0.29, 0.717) is 18.4 Å². The summed E-state index contributed by atoms with van der Waals surface area (Å²) in [6, 6.07) is 15.5. The molecule has 0 aromatic heterocycles. The number of hydrogen-bond acceptors (Lipinski definition) is 0. The van der Waals surface area contributed by atoms with Crippen LogP contribution >= 0.6 is 0 Å². The zero-order valence-electron chi connectivity index (χ0n) is 15.2. The Kier molecular flexibility index (Phi) is 4.77. The summed E-state index contributed by atoms with van der Waals surface area (Å²) in [5.74, 6) is -1.25. The number of fused-ring (bicyclic) bond motifs is 1. The summed E-state index contributed by atoms with van der Waals surface area (Å²) >= 11 is 0. The van der Waals surface area contributed by atoms with Crippen LogP contribution in [0, 0.1) is 17.5 Å². The van der Waals surface area contributed by atoms with E-state index in [1.54, 1.807) is 12.1 Å². The molecule has 0 heterocycles. The van der Waals surface area contributed by atoms with Crippen LogP contribution in [-0.2, 0) is 19.3 Å². The molecule has 3 heteroatoms. The lowest BCUT2D eigenvalue weighted by Crippen LogP contribution is -2.16. The van der Waals surface area contributed by atoms with Gasteiger partial charge < -0.3 is 0 Å². The molecule has 27 heavy (non-hydrogen) atoms. The van der Waals surface area contributed by atoms with Gasteiger partial charge in [0.15, 0.2) is 0 Å². The van der Waals surface area contributed by atoms with Gasteiger partial charge in [0.05, 0.1) is 0 Å². The molecule has 1 atom stereocenters. The average molecular weight is 366 g/mol. The minimum absolute atomic E-state index is 0.139. The fourth-order valence-corrected chi connectivity index (χ4v) is 4.05. The summed E-state index contributed by atoms with van der Waals surface area (Å²) in [6.07, 6.45) is 2.76. The van der Waals surface area contributed by atoms with Crippen LogP contribution in [0.4, 0.5) is 13.2 Å². The predicted octanol–water partition coefficient (Wildman–Crippen LogP) is 6.61. The minimum atomic E-state index is -0.428. The van der Waals surface area contributed by atoms with Crippen LogP contribution in [0.1, 0.15) is 41.5 Å². The first-order valence-corrected chi connectivity index (χ1v) is 9.40. The molecule has 1 aliphatic carbocycles. The Hall–Kier alpha value is -2.55. The van der Waals surface area contributed by atoms with Crippen molar-refractivity contribution in [2.24, 2.45) is 0 Å². The molecule has 3 aromatic rings. The first kappa shape index (κ1) is 17.8. The number of aryl methyl sites for hydroxylation is 2. The molecule has 0 radical (unpaired) electrons. The van der Waals surface area contributed by atoms with Gasteiger partial charge >= 0.3 is 0 Å². The second-order valence-electron chi connectivity index (χ2n) is 7.26. The van der Waals surface area contributed by atoms with Gasteiger partial charge in [0.25, 0.3) is 0 Å². The number of halogens is 3. The summed E-state index contributed by atoms with van der Waals surface area (Å²) in [6.45, 7) is 1.89. The summed E-state index contributed by atoms with van der Waals surface area (Å²) in [7, 11) is 0. The first-order chi connectivity index (χ1) is 13.0. The molecule has 0 aliphatic heterocycles. The SMILES string of the molecule is CCc1cc(F)c(C2CCc3cc(-c4ccc(F)cc4)ccc3C2)c(F)c1. The first-order valence-electron chi connectivity index (χ1n) is 9.40. The molecule has 4 rings (SSSR count). The van der Waals surface area contributed by atoms with Crippen LogP contribution in [0.3, 0.4) is 0 Å². The maximum Gasteiger partial charge on any atom is 0.129 e. The Morgan fingerprint density at radius 3 is 2.15 bits per heavy atom. The van der Waals surface area contributed by atoms with E-state index < -0.39 is 11.6 Å². The van der Waals surface area contributed by atoms with Crippen LogP contribution in [-0.4, -0.2) is 0 Å². The van der Waals surface area contributed by atoms with Crippen molar-refractivity contribution in [2.45, 2.75) is 38.5 Å². The van der Waals surface area contributed by atoms with Crippen molar-refractivity contribution in [3.8, 4) is 11.1 Å². The van der Waals surface area contributed by atoms with E-state index in [2.05, 4.69) is 6.07 Å². The van der Waals surface area contributed by atoms with Crippen molar-refractivity contribution in [1.82, 2.24) is 0 Å². The largest absolute Gasteiger partial charge is 0.207 e. The normalized spacial score (nSPS) is 16.2. The van der Waals surface area contributed by atoms with Gasteiger partial charge in [0.1, 0.15) is 17.5 Å². The molecule has 3 aromatic carbocycles. The molecular weight excluding hydrogens is 345 g/mol. The second-order valence-corrected chi connectivity index (χ2v) is 7.26. The molecule has 0 N–H and O–H groups in total. The van der Waals surface area contributed by atoms with Gasteiger partial charge in [-0.25, -0.2) is 13.2 Å². The second kappa shape index (κ2) is 7.22. The lowest BCUT2D eigenvalue weighted by molar-refractivity contribution is 0.490. The summed E-state index contributed by atoms with van der Waals surface area (Å²) in [4.78, 5) is 0. The molecule has 0 nitrogen and oxygen atoms in total. The molecule has 0 amide bonds. The van der Waals surface area contributed by atoms with Crippen LogP contribution in [0.15, 0.2) is 54.6 Å². The van der Waals surface area contributed by atoms with E-state index in [0.717, 1.165) is 29.5 Å². The van der Waals surface area contributed by atoms with Crippen LogP contribution in [0.25, 0.3) is 11.1 Å². The molecule has 138 valence electrons. The van der Waals surface area contributed by atoms with Crippen LogP contribution in [0.2, 0.25) is 0 Å². The Balaban J connectivity index is 1.62. The maximum absolute atomic E-state index is 14.5. The van der Waals surface area contributed by atoms with Gasteiger partial charge in [0, 0.05) is 5.56 Å². The number of benzene rings is 3. The Labute approximate surface area is 157 Å². The molecular formula is C24H21F3. The molecule has 0 bridgehead atoms. The van der Waals surface area contributed by atoms with Gasteiger partial charge in [-0.05, 0) is 83.7 Å². The van der Waals surface area contributed by atoms with Crippen molar-refractivity contribution in [1.29, 1.82) is 0 Å². The molecule has 0 saturated heterocycles. The number of hydrogen-bond donors (Lipinski definition) is 0. The topological polar surface area (TPSA) is 0 Å². The van der Waals surface area contributed by atoms with Gasteiger partial charge in [-0.15, -0.1) is 0 Å². The van der Waals surface area contributed by atoms with Gasteiger partial charge in [-0.1, -0.05) is 37.3 Å². The number of rotatable bonds is 3. The summed E-state index contributed by atoms with van der Waals surface area (Å²) < 4.78 is 42.1. The minimum Gasteiger partial charge on any atom is -0.207 e. The standard InChI is InChI=1S/C24H21F3/c1-2-15-11-22(26)24(23(27)12-15)20-6-5-18-13-17(3-4-19(18)14-20)16-7-9-21(25)10-8-16/h3-4,7-13,20H,2,5-6,14H2,1H3. The Bertz CT molecular complexity index is 950. The van der Waals surface area contributed by atoms with E-state index in [-0.39, 0.29) is 17.3 Å². The highest BCUT2D eigenvalue weighted by atomic mass is 19.1. The quantitative estimate of drug-likeness (QED) is 0.489. The van der Waals surface area contributed by atoms with Gasteiger partial charge in [-0.3, -0.25) is 0 Å². The third-order valence-electron chi connectivity index (χ3n) is 5.57. The molecule has 0 fully saturated rings. The van der Waals surface area contributed by atoms with Crippen molar-refractivity contribution in [3.05, 3.63) is 94.3 Å². The molecule has 1 aliphatic rings. The van der Waals surface area contributed by atoms with Crippen molar-refractivity contribution in [3.63, 3.8) is 0 Å². The van der Waals surface area contributed by atoms with Gasteiger partial charge in [0.2, 0.25) is 0 Å². The van der Waals surface area contributed by atoms with Crippen LogP contribution < -0.4 is 0 Å². The molecule has 1 unspecified atom stereocenters. The Morgan fingerprint density at radius 2 is 1.48 bits per heavy atom. The lowest BCUT2D eigenvalue weighted by atomic mass is 9.79. The molecule has 0 saturated carbocycles. The van der Waals surface area contributed by atoms with E-state index in [9.17, 15) is 13.2 Å². The fourth-order valence-electron chi connectivity index (χ4n) is 4.05. The molecule has 0 spiro atoms. The van der Waals surface area contributed by atoms with Crippen LogP contribution in [0.5, 0.6) is 0 Å². The smallest absolute Gasteiger partial charge is 0.129 e. The monoisotopic (exact) mass is 366 g/mol. The zero-order valence-corrected chi connectivity index (χ0v) is 15.2. The van der Waals surface area contributed by atoms with E-state index >= 15 is 0 Å². The van der Waals surface area contributed by atoms with Gasteiger partial charge in [-0.2, -0.15) is 0 Å². The van der Waals surface area contributed by atoms with Crippen molar-refractivity contribution < 1.29 is 13.2 Å².